The first-order chi connectivity index (χ1) is 13.4. The van der Waals surface area contributed by atoms with Gasteiger partial charge in [0, 0.05) is 34.7 Å². The Balaban J connectivity index is 1.45. The second-order valence-corrected chi connectivity index (χ2v) is 6.83. The topological polar surface area (TPSA) is 58.4 Å². The molecular weight excluding hydrogens is 389 g/mol. The number of imidazole rings is 1. The van der Waals surface area contributed by atoms with Crippen LogP contribution in [0.5, 0.6) is 0 Å². The number of carbonyl (C=O) groups excluding carboxylic acids is 1. The zero-order valence-electron chi connectivity index (χ0n) is 14.2. The third-order valence-electron chi connectivity index (χ3n) is 3.98. The fourth-order valence-corrected chi connectivity index (χ4v) is 3.36. The molecule has 2 N–H and O–H groups in total. The molecule has 0 saturated heterocycles. The van der Waals surface area contributed by atoms with E-state index in [2.05, 4.69) is 15.6 Å². The fourth-order valence-electron chi connectivity index (χ4n) is 2.66. The van der Waals surface area contributed by atoms with Crippen molar-refractivity contribution in [1.29, 1.82) is 0 Å². The number of alkyl halides is 3. The molecule has 0 spiro atoms. The number of amides is 2. The maximum Gasteiger partial charge on any atom is 0.416 e. The minimum Gasteiger partial charge on any atom is -0.308 e. The number of rotatable bonds is 3. The minimum atomic E-state index is -4.41. The van der Waals surface area contributed by atoms with Crippen LogP contribution in [0, 0.1) is 0 Å². The number of benzene rings is 2. The summed E-state index contributed by atoms with van der Waals surface area (Å²) in [6.07, 6.45) is -0.605. The quantitative estimate of drug-likeness (QED) is 0.460. The molecule has 2 aromatic heterocycles. The molecule has 0 fully saturated rings. The van der Waals surface area contributed by atoms with Crippen molar-refractivity contribution in [1.82, 2.24) is 9.38 Å². The van der Waals surface area contributed by atoms with Gasteiger partial charge in [0.15, 0.2) is 4.96 Å². The molecule has 0 bridgehead atoms. The summed E-state index contributed by atoms with van der Waals surface area (Å²) in [5.74, 6) is 0. The van der Waals surface area contributed by atoms with Crippen LogP contribution in [-0.4, -0.2) is 15.4 Å². The van der Waals surface area contributed by atoms with Gasteiger partial charge in [-0.3, -0.25) is 4.40 Å². The van der Waals surface area contributed by atoms with E-state index in [0.717, 1.165) is 28.4 Å². The van der Waals surface area contributed by atoms with Crippen LogP contribution in [-0.2, 0) is 6.18 Å². The van der Waals surface area contributed by atoms with Gasteiger partial charge in [-0.05, 0) is 36.4 Å². The van der Waals surface area contributed by atoms with Crippen LogP contribution in [0.1, 0.15) is 5.56 Å². The molecule has 0 atom stereocenters. The van der Waals surface area contributed by atoms with Crippen molar-refractivity contribution in [3.63, 3.8) is 0 Å². The number of aromatic nitrogens is 2. The highest BCUT2D eigenvalue weighted by Crippen LogP contribution is 2.30. The van der Waals surface area contributed by atoms with Crippen molar-refractivity contribution >= 4 is 33.7 Å². The number of halogens is 3. The van der Waals surface area contributed by atoms with Crippen LogP contribution in [0.25, 0.3) is 16.2 Å². The Kier molecular flexibility index (Phi) is 4.52. The Morgan fingerprint density at radius 1 is 1.04 bits per heavy atom. The van der Waals surface area contributed by atoms with Crippen LogP contribution in [0.2, 0.25) is 0 Å². The molecule has 0 unspecified atom stereocenters. The van der Waals surface area contributed by atoms with Gasteiger partial charge in [0.1, 0.15) is 0 Å². The molecular formula is C19H13F3N4OS. The number of carbonyl (C=O) groups is 1. The molecule has 0 aliphatic carbocycles. The summed E-state index contributed by atoms with van der Waals surface area (Å²) >= 11 is 1.52. The largest absolute Gasteiger partial charge is 0.416 e. The number of hydrogen-bond donors (Lipinski definition) is 2. The first-order valence-corrected chi connectivity index (χ1v) is 9.04. The first kappa shape index (κ1) is 18.1. The number of anilines is 2. The van der Waals surface area contributed by atoms with Crippen molar-refractivity contribution in [2.24, 2.45) is 0 Å². The summed E-state index contributed by atoms with van der Waals surface area (Å²) in [4.78, 5) is 17.5. The number of urea groups is 1. The molecule has 5 nitrogen and oxygen atoms in total. The van der Waals surface area contributed by atoms with Crippen LogP contribution in [0.4, 0.5) is 29.3 Å². The van der Waals surface area contributed by atoms with Crippen LogP contribution in [0.3, 0.4) is 0 Å². The maximum absolute atomic E-state index is 12.6. The fraction of sp³-hybridized carbons (Fsp3) is 0.0526. The van der Waals surface area contributed by atoms with Gasteiger partial charge in [0.2, 0.25) is 0 Å². The lowest BCUT2D eigenvalue weighted by molar-refractivity contribution is -0.137. The number of nitrogens with one attached hydrogen (secondary N) is 2. The zero-order chi connectivity index (χ0) is 19.7. The molecule has 4 aromatic rings. The van der Waals surface area contributed by atoms with Crippen LogP contribution >= 0.6 is 11.3 Å². The van der Waals surface area contributed by atoms with E-state index in [9.17, 15) is 18.0 Å². The van der Waals surface area contributed by atoms with E-state index >= 15 is 0 Å². The van der Waals surface area contributed by atoms with Crippen LogP contribution in [0.15, 0.2) is 66.3 Å². The molecule has 28 heavy (non-hydrogen) atoms. The van der Waals surface area contributed by atoms with Crippen molar-refractivity contribution in [3.8, 4) is 11.3 Å². The molecule has 142 valence electrons. The van der Waals surface area contributed by atoms with Gasteiger partial charge in [0.05, 0.1) is 11.3 Å². The lowest BCUT2D eigenvalue weighted by Crippen LogP contribution is -2.19. The van der Waals surface area contributed by atoms with Crippen molar-refractivity contribution < 1.29 is 18.0 Å². The Hall–Kier alpha value is -3.33. The molecule has 0 saturated carbocycles. The second kappa shape index (κ2) is 7.01. The molecule has 2 aromatic carbocycles. The summed E-state index contributed by atoms with van der Waals surface area (Å²) in [6.45, 7) is 0. The van der Waals surface area contributed by atoms with E-state index in [1.165, 1.54) is 23.5 Å². The van der Waals surface area contributed by atoms with Crippen molar-refractivity contribution in [3.05, 3.63) is 71.9 Å². The maximum atomic E-state index is 12.6. The third-order valence-corrected chi connectivity index (χ3v) is 4.75. The predicted octanol–water partition coefficient (Wildman–Crippen LogP) is 5.73. The van der Waals surface area contributed by atoms with E-state index in [1.807, 2.05) is 28.2 Å². The number of nitrogens with zero attached hydrogens (tertiary/aromatic N) is 2. The number of hydrogen-bond acceptors (Lipinski definition) is 3. The minimum absolute atomic E-state index is 0.260. The third kappa shape index (κ3) is 3.84. The summed E-state index contributed by atoms with van der Waals surface area (Å²) in [5, 5.41) is 7.12. The smallest absolute Gasteiger partial charge is 0.308 e. The van der Waals surface area contributed by atoms with Crippen molar-refractivity contribution in [2.75, 3.05) is 10.6 Å². The molecule has 4 rings (SSSR count). The van der Waals surface area contributed by atoms with E-state index < -0.39 is 17.8 Å². The van der Waals surface area contributed by atoms with Gasteiger partial charge in [-0.1, -0.05) is 12.1 Å². The standard InChI is InChI=1S/C19H13F3N4OS/c20-19(21,22)13-4-6-14(7-5-13)23-17(27)24-15-3-1-2-12(10-15)16-11-26-8-9-28-18(26)25-16/h1-11H,(H2,23,24,27). The van der Waals surface area contributed by atoms with Gasteiger partial charge >= 0.3 is 12.2 Å². The number of thiazole rings is 1. The average molecular weight is 402 g/mol. The van der Waals surface area contributed by atoms with Gasteiger partial charge in [-0.25, -0.2) is 9.78 Å². The molecule has 2 heterocycles. The van der Waals surface area contributed by atoms with Crippen molar-refractivity contribution in [2.45, 2.75) is 6.18 Å². The number of fused-ring (bicyclic) bond motifs is 1. The molecule has 0 aliphatic rings. The lowest BCUT2D eigenvalue weighted by atomic mass is 10.1. The first-order valence-electron chi connectivity index (χ1n) is 8.16. The molecule has 2 amide bonds. The highest BCUT2D eigenvalue weighted by atomic mass is 32.1. The van der Waals surface area contributed by atoms with E-state index in [-0.39, 0.29) is 5.69 Å². The summed E-state index contributed by atoms with van der Waals surface area (Å²) in [7, 11) is 0. The monoisotopic (exact) mass is 402 g/mol. The lowest BCUT2D eigenvalue weighted by Gasteiger charge is -2.10. The van der Waals surface area contributed by atoms with E-state index in [0.29, 0.717) is 5.69 Å². The highest BCUT2D eigenvalue weighted by Gasteiger charge is 2.29. The van der Waals surface area contributed by atoms with Gasteiger partial charge in [-0.15, -0.1) is 11.3 Å². The molecule has 0 aliphatic heterocycles. The second-order valence-electron chi connectivity index (χ2n) is 5.95. The average Bonchev–Trinajstić information content (AvgIpc) is 3.23. The predicted molar refractivity (Wildman–Crippen MR) is 103 cm³/mol. The van der Waals surface area contributed by atoms with Gasteiger partial charge < -0.3 is 10.6 Å². The Morgan fingerprint density at radius 2 is 1.79 bits per heavy atom. The Labute approximate surface area is 161 Å². The van der Waals surface area contributed by atoms with E-state index in [4.69, 9.17) is 0 Å². The Bertz CT molecular complexity index is 1100. The highest BCUT2D eigenvalue weighted by molar-refractivity contribution is 7.15. The normalized spacial score (nSPS) is 11.5. The van der Waals surface area contributed by atoms with Gasteiger partial charge in [-0.2, -0.15) is 13.2 Å². The van der Waals surface area contributed by atoms with Gasteiger partial charge in [0.25, 0.3) is 0 Å². The van der Waals surface area contributed by atoms with E-state index in [1.54, 1.807) is 18.2 Å². The summed E-state index contributed by atoms with van der Waals surface area (Å²) < 4.78 is 39.7. The molecule has 9 heteroatoms. The van der Waals surface area contributed by atoms with Crippen LogP contribution < -0.4 is 10.6 Å². The zero-order valence-corrected chi connectivity index (χ0v) is 15.0. The summed E-state index contributed by atoms with van der Waals surface area (Å²) in [5.41, 5.74) is 1.64. The SMILES string of the molecule is O=C(Nc1ccc(C(F)(F)F)cc1)Nc1cccc(-c2cn3ccsc3n2)c1. The molecule has 0 radical (unpaired) electrons. The summed E-state index contributed by atoms with van der Waals surface area (Å²) in [6, 6.07) is 10.9. The Morgan fingerprint density at radius 3 is 2.50 bits per heavy atom.